The summed E-state index contributed by atoms with van der Waals surface area (Å²) < 4.78 is 0. The van der Waals surface area contributed by atoms with E-state index in [4.69, 9.17) is 0 Å². The Bertz CT molecular complexity index is 298. The van der Waals surface area contributed by atoms with Crippen LogP contribution in [-0.4, -0.2) is 23.8 Å². The van der Waals surface area contributed by atoms with Gasteiger partial charge in [-0.3, -0.25) is 4.79 Å². The van der Waals surface area contributed by atoms with E-state index in [-0.39, 0.29) is 5.78 Å². The summed E-state index contributed by atoms with van der Waals surface area (Å²) >= 11 is 0. The Morgan fingerprint density at radius 2 is 2.00 bits per heavy atom. The molecule has 1 atom stereocenters. The fourth-order valence-corrected chi connectivity index (χ4v) is 2.12. The molecular formula is C13H21NO. The van der Waals surface area contributed by atoms with Crippen molar-refractivity contribution in [2.75, 3.05) is 13.1 Å². The average Bonchev–Trinajstić information content (AvgIpc) is 2.21. The summed E-state index contributed by atoms with van der Waals surface area (Å²) in [5.74, 6) is 0.672. The van der Waals surface area contributed by atoms with Crippen LogP contribution in [0.4, 0.5) is 0 Å². The minimum Gasteiger partial charge on any atom is -0.375 e. The van der Waals surface area contributed by atoms with E-state index in [9.17, 15) is 4.79 Å². The highest BCUT2D eigenvalue weighted by Crippen LogP contribution is 2.27. The molecule has 2 heteroatoms. The van der Waals surface area contributed by atoms with Gasteiger partial charge in [0.1, 0.15) is 0 Å². The van der Waals surface area contributed by atoms with Crippen molar-refractivity contribution >= 4 is 5.78 Å². The fourth-order valence-electron chi connectivity index (χ4n) is 2.12. The second kappa shape index (κ2) is 5.15. The molecule has 15 heavy (non-hydrogen) atoms. The lowest BCUT2D eigenvalue weighted by atomic mass is 9.90. The summed E-state index contributed by atoms with van der Waals surface area (Å²) in [7, 11) is 0. The first kappa shape index (κ1) is 12.0. The maximum absolute atomic E-state index is 11.2. The minimum absolute atomic E-state index is 0.205. The van der Waals surface area contributed by atoms with Crippen molar-refractivity contribution < 1.29 is 4.79 Å². The predicted octanol–water partition coefficient (Wildman–Crippen LogP) is 2.77. The standard InChI is InChI=1S/C13H21NO/c1-5-14(6-2)13-8-7-12(11(4)15)9-10(13)3/h7-8,10H,5-6,9H2,1-4H3. The Balaban J connectivity index is 2.87. The molecule has 1 aliphatic carbocycles. The Morgan fingerprint density at radius 1 is 1.40 bits per heavy atom. The molecule has 0 heterocycles. The van der Waals surface area contributed by atoms with Crippen LogP contribution in [0.15, 0.2) is 23.4 Å². The molecule has 0 aromatic heterocycles. The summed E-state index contributed by atoms with van der Waals surface area (Å²) in [6, 6.07) is 0. The lowest BCUT2D eigenvalue weighted by Gasteiger charge is -2.31. The zero-order valence-electron chi connectivity index (χ0n) is 10.2. The zero-order chi connectivity index (χ0) is 11.4. The van der Waals surface area contributed by atoms with Gasteiger partial charge in [0.05, 0.1) is 0 Å². The van der Waals surface area contributed by atoms with Gasteiger partial charge >= 0.3 is 0 Å². The van der Waals surface area contributed by atoms with E-state index in [1.54, 1.807) is 6.92 Å². The van der Waals surface area contributed by atoms with Gasteiger partial charge in [-0.2, -0.15) is 0 Å². The molecule has 84 valence electrons. The Labute approximate surface area is 92.7 Å². The number of ketones is 1. The second-order valence-corrected chi connectivity index (χ2v) is 4.12. The molecular weight excluding hydrogens is 186 g/mol. The van der Waals surface area contributed by atoms with Crippen molar-refractivity contribution in [1.82, 2.24) is 4.90 Å². The first-order valence-electron chi connectivity index (χ1n) is 5.76. The zero-order valence-corrected chi connectivity index (χ0v) is 10.2. The molecule has 0 amide bonds. The Morgan fingerprint density at radius 3 is 2.40 bits per heavy atom. The quantitative estimate of drug-likeness (QED) is 0.706. The smallest absolute Gasteiger partial charge is 0.155 e. The van der Waals surface area contributed by atoms with Crippen LogP contribution in [0.1, 0.15) is 34.1 Å². The molecule has 0 fully saturated rings. The molecule has 0 aliphatic heterocycles. The first-order chi connectivity index (χ1) is 7.10. The van der Waals surface area contributed by atoms with E-state index in [1.807, 2.05) is 6.08 Å². The summed E-state index contributed by atoms with van der Waals surface area (Å²) in [4.78, 5) is 13.6. The van der Waals surface area contributed by atoms with Gasteiger partial charge in [-0.25, -0.2) is 0 Å². The van der Waals surface area contributed by atoms with E-state index in [1.165, 1.54) is 5.70 Å². The lowest BCUT2D eigenvalue weighted by molar-refractivity contribution is -0.113. The summed E-state index contributed by atoms with van der Waals surface area (Å²) in [5.41, 5.74) is 2.32. The predicted molar refractivity (Wildman–Crippen MR) is 63.5 cm³/mol. The van der Waals surface area contributed by atoms with Gasteiger partial charge in [0, 0.05) is 24.7 Å². The molecule has 1 unspecified atom stereocenters. The van der Waals surface area contributed by atoms with Gasteiger partial charge in [0.2, 0.25) is 0 Å². The third kappa shape index (κ3) is 2.71. The van der Waals surface area contributed by atoms with Crippen LogP contribution in [0, 0.1) is 5.92 Å². The van der Waals surface area contributed by atoms with Crippen LogP contribution in [0.3, 0.4) is 0 Å². The minimum atomic E-state index is 0.205. The molecule has 2 nitrogen and oxygen atoms in total. The lowest BCUT2D eigenvalue weighted by Crippen LogP contribution is -2.27. The highest BCUT2D eigenvalue weighted by atomic mass is 16.1. The monoisotopic (exact) mass is 207 g/mol. The highest BCUT2D eigenvalue weighted by molar-refractivity contribution is 5.93. The van der Waals surface area contributed by atoms with Gasteiger partial charge < -0.3 is 4.90 Å². The van der Waals surface area contributed by atoms with Crippen molar-refractivity contribution in [3.05, 3.63) is 23.4 Å². The highest BCUT2D eigenvalue weighted by Gasteiger charge is 2.20. The number of hydrogen-bond acceptors (Lipinski definition) is 2. The Kier molecular flexibility index (Phi) is 4.13. The second-order valence-electron chi connectivity index (χ2n) is 4.12. The molecule has 1 aliphatic rings. The average molecular weight is 207 g/mol. The molecule has 0 saturated carbocycles. The number of hydrogen-bond donors (Lipinski definition) is 0. The molecule has 0 aromatic carbocycles. The maximum Gasteiger partial charge on any atom is 0.155 e. The van der Waals surface area contributed by atoms with Crippen LogP contribution in [0.2, 0.25) is 0 Å². The summed E-state index contributed by atoms with van der Waals surface area (Å²) in [5, 5.41) is 0. The molecule has 0 radical (unpaired) electrons. The van der Waals surface area contributed by atoms with Crippen molar-refractivity contribution in [1.29, 1.82) is 0 Å². The van der Waals surface area contributed by atoms with Crippen LogP contribution < -0.4 is 0 Å². The number of nitrogens with zero attached hydrogens (tertiary/aromatic N) is 1. The van der Waals surface area contributed by atoms with Crippen molar-refractivity contribution in [3.8, 4) is 0 Å². The van der Waals surface area contributed by atoms with Crippen LogP contribution in [-0.2, 0) is 4.79 Å². The van der Waals surface area contributed by atoms with Gasteiger partial charge in [0.25, 0.3) is 0 Å². The molecule has 0 aromatic rings. The number of carbonyl (C=O) groups excluding carboxylic acids is 1. The van der Waals surface area contributed by atoms with Crippen LogP contribution >= 0.6 is 0 Å². The topological polar surface area (TPSA) is 20.3 Å². The molecule has 0 saturated heterocycles. The summed E-state index contributed by atoms with van der Waals surface area (Å²) in [6.07, 6.45) is 4.98. The van der Waals surface area contributed by atoms with Crippen molar-refractivity contribution in [2.45, 2.75) is 34.1 Å². The van der Waals surface area contributed by atoms with Crippen LogP contribution in [0.25, 0.3) is 0 Å². The van der Waals surface area contributed by atoms with E-state index in [0.29, 0.717) is 5.92 Å². The number of carbonyl (C=O) groups is 1. The number of rotatable bonds is 4. The third-order valence-electron chi connectivity index (χ3n) is 3.07. The first-order valence-corrected chi connectivity index (χ1v) is 5.76. The molecule has 0 spiro atoms. The largest absolute Gasteiger partial charge is 0.375 e. The molecule has 0 N–H and O–H groups in total. The van der Waals surface area contributed by atoms with Gasteiger partial charge in [0.15, 0.2) is 5.78 Å². The van der Waals surface area contributed by atoms with E-state index in [2.05, 4.69) is 31.7 Å². The normalized spacial score (nSPS) is 20.7. The third-order valence-corrected chi connectivity index (χ3v) is 3.07. The van der Waals surface area contributed by atoms with Crippen molar-refractivity contribution in [3.63, 3.8) is 0 Å². The molecule has 0 bridgehead atoms. The van der Waals surface area contributed by atoms with Crippen LogP contribution in [0.5, 0.6) is 0 Å². The number of allylic oxidation sites excluding steroid dienone is 4. The van der Waals surface area contributed by atoms with Gasteiger partial charge in [-0.1, -0.05) is 13.0 Å². The number of Topliss-reactive ketones (excluding diaryl/α,β-unsaturated/α-hetero) is 1. The van der Waals surface area contributed by atoms with Gasteiger partial charge in [-0.15, -0.1) is 0 Å². The van der Waals surface area contributed by atoms with E-state index < -0.39 is 0 Å². The SMILES string of the molecule is CCN(CC)C1=CC=C(C(C)=O)CC1C. The van der Waals surface area contributed by atoms with E-state index >= 15 is 0 Å². The van der Waals surface area contributed by atoms with Gasteiger partial charge in [-0.05, 0) is 38.8 Å². The van der Waals surface area contributed by atoms with E-state index in [0.717, 1.165) is 25.1 Å². The fraction of sp³-hybridized carbons (Fsp3) is 0.615. The van der Waals surface area contributed by atoms with Crippen molar-refractivity contribution in [2.24, 2.45) is 5.92 Å². The maximum atomic E-state index is 11.2. The summed E-state index contributed by atoms with van der Waals surface area (Å²) in [6.45, 7) is 10.3. The molecule has 1 rings (SSSR count). The Hall–Kier alpha value is -1.05.